The maximum atomic E-state index is 12.4. The number of anilines is 1. The smallest absolute Gasteiger partial charge is 0.254 e. The van der Waals surface area contributed by atoms with Crippen LogP contribution in [0, 0.1) is 6.92 Å². The standard InChI is InChI=1S/C15H16N4O/c1-10-8-13(16)18-14(17-10)9-19-7-6-11-4-2-3-5-12(11)15(19)20/h2-5,8H,6-7,9H2,1H3,(H2,16,17,18). The van der Waals surface area contributed by atoms with E-state index in [-0.39, 0.29) is 5.91 Å². The Morgan fingerprint density at radius 3 is 2.90 bits per heavy atom. The summed E-state index contributed by atoms with van der Waals surface area (Å²) in [4.78, 5) is 22.7. The van der Waals surface area contributed by atoms with Crippen LogP contribution in [-0.4, -0.2) is 27.3 Å². The minimum Gasteiger partial charge on any atom is -0.384 e. The third kappa shape index (κ3) is 2.34. The van der Waals surface area contributed by atoms with Crippen LogP contribution < -0.4 is 5.73 Å². The molecule has 0 saturated heterocycles. The van der Waals surface area contributed by atoms with E-state index in [0.717, 1.165) is 23.2 Å². The zero-order valence-electron chi connectivity index (χ0n) is 11.3. The molecular weight excluding hydrogens is 252 g/mol. The molecule has 0 saturated carbocycles. The Labute approximate surface area is 117 Å². The van der Waals surface area contributed by atoms with Gasteiger partial charge in [0.05, 0.1) is 6.54 Å². The summed E-state index contributed by atoms with van der Waals surface area (Å²) in [7, 11) is 0. The van der Waals surface area contributed by atoms with Crippen molar-refractivity contribution in [1.82, 2.24) is 14.9 Å². The number of hydrogen-bond donors (Lipinski definition) is 1. The van der Waals surface area contributed by atoms with Gasteiger partial charge in [-0.05, 0) is 25.0 Å². The molecule has 20 heavy (non-hydrogen) atoms. The van der Waals surface area contributed by atoms with Gasteiger partial charge in [-0.3, -0.25) is 4.79 Å². The van der Waals surface area contributed by atoms with E-state index in [9.17, 15) is 4.79 Å². The van der Waals surface area contributed by atoms with Gasteiger partial charge in [0.25, 0.3) is 5.91 Å². The molecule has 0 fully saturated rings. The normalized spacial score (nSPS) is 14.2. The van der Waals surface area contributed by atoms with Crippen molar-refractivity contribution in [2.75, 3.05) is 12.3 Å². The molecule has 1 aromatic carbocycles. The van der Waals surface area contributed by atoms with Crippen molar-refractivity contribution in [2.24, 2.45) is 0 Å². The molecule has 1 aromatic heterocycles. The second-order valence-electron chi connectivity index (χ2n) is 4.98. The second kappa shape index (κ2) is 4.92. The van der Waals surface area contributed by atoms with E-state index in [1.165, 1.54) is 0 Å². The summed E-state index contributed by atoms with van der Waals surface area (Å²) in [6.07, 6.45) is 0.864. The monoisotopic (exact) mass is 268 g/mol. The van der Waals surface area contributed by atoms with Crippen LogP contribution >= 0.6 is 0 Å². The summed E-state index contributed by atoms with van der Waals surface area (Å²) in [5, 5.41) is 0. The lowest BCUT2D eigenvalue weighted by atomic mass is 9.99. The number of nitrogens with two attached hydrogens (primary N) is 1. The number of fused-ring (bicyclic) bond motifs is 1. The molecule has 0 aliphatic carbocycles. The molecule has 1 aliphatic heterocycles. The Morgan fingerprint density at radius 1 is 1.30 bits per heavy atom. The number of rotatable bonds is 2. The number of nitrogens with zero attached hydrogens (tertiary/aromatic N) is 3. The summed E-state index contributed by atoms with van der Waals surface area (Å²) in [5.74, 6) is 1.07. The molecule has 0 spiro atoms. The topological polar surface area (TPSA) is 72.1 Å². The molecule has 0 radical (unpaired) electrons. The molecule has 5 heteroatoms. The van der Waals surface area contributed by atoms with Gasteiger partial charge in [0.2, 0.25) is 0 Å². The fourth-order valence-electron chi connectivity index (χ4n) is 2.52. The molecule has 1 amide bonds. The first-order valence-corrected chi connectivity index (χ1v) is 6.61. The van der Waals surface area contributed by atoms with Gasteiger partial charge in [0.1, 0.15) is 11.6 Å². The highest BCUT2D eigenvalue weighted by Gasteiger charge is 2.24. The number of benzene rings is 1. The Morgan fingerprint density at radius 2 is 2.10 bits per heavy atom. The van der Waals surface area contributed by atoms with E-state index >= 15 is 0 Å². The summed E-state index contributed by atoms with van der Waals surface area (Å²) < 4.78 is 0. The number of hydrogen-bond acceptors (Lipinski definition) is 4. The van der Waals surface area contributed by atoms with Gasteiger partial charge in [-0.25, -0.2) is 9.97 Å². The number of nitrogen functional groups attached to an aromatic ring is 1. The van der Waals surface area contributed by atoms with Crippen LogP contribution in [0.25, 0.3) is 0 Å². The molecule has 0 unspecified atom stereocenters. The van der Waals surface area contributed by atoms with Gasteiger partial charge in [-0.2, -0.15) is 0 Å². The van der Waals surface area contributed by atoms with Crippen LogP contribution in [0.5, 0.6) is 0 Å². The van der Waals surface area contributed by atoms with E-state index < -0.39 is 0 Å². The van der Waals surface area contributed by atoms with Crippen LogP contribution in [0.4, 0.5) is 5.82 Å². The molecule has 3 rings (SSSR count). The largest absolute Gasteiger partial charge is 0.384 e. The fourth-order valence-corrected chi connectivity index (χ4v) is 2.52. The zero-order valence-corrected chi connectivity index (χ0v) is 11.3. The maximum absolute atomic E-state index is 12.4. The first-order valence-electron chi connectivity index (χ1n) is 6.61. The molecule has 1 aliphatic rings. The van der Waals surface area contributed by atoms with E-state index in [1.807, 2.05) is 31.2 Å². The Hall–Kier alpha value is -2.43. The fraction of sp³-hybridized carbons (Fsp3) is 0.267. The maximum Gasteiger partial charge on any atom is 0.254 e. The van der Waals surface area contributed by atoms with Crippen LogP contribution in [-0.2, 0) is 13.0 Å². The molecule has 2 heterocycles. The van der Waals surface area contributed by atoms with Crippen molar-refractivity contribution >= 4 is 11.7 Å². The average molecular weight is 268 g/mol. The van der Waals surface area contributed by atoms with Crippen LogP contribution in [0.3, 0.4) is 0 Å². The van der Waals surface area contributed by atoms with Crippen molar-refractivity contribution < 1.29 is 4.79 Å². The highest BCUT2D eigenvalue weighted by Crippen LogP contribution is 2.19. The number of aryl methyl sites for hydroxylation is 1. The van der Waals surface area contributed by atoms with Crippen LogP contribution in [0.15, 0.2) is 30.3 Å². The first kappa shape index (κ1) is 12.6. The summed E-state index contributed by atoms with van der Waals surface area (Å²) in [6, 6.07) is 9.45. The molecule has 2 N–H and O–H groups in total. The third-order valence-corrected chi connectivity index (χ3v) is 3.44. The van der Waals surface area contributed by atoms with Crippen molar-refractivity contribution in [3.05, 3.63) is 53.0 Å². The number of amides is 1. The minimum absolute atomic E-state index is 0.0375. The van der Waals surface area contributed by atoms with Crippen molar-refractivity contribution in [3.8, 4) is 0 Å². The lowest BCUT2D eigenvalue weighted by Crippen LogP contribution is -2.37. The summed E-state index contributed by atoms with van der Waals surface area (Å²) in [5.41, 5.74) is 8.43. The lowest BCUT2D eigenvalue weighted by Gasteiger charge is -2.28. The van der Waals surface area contributed by atoms with E-state index in [1.54, 1.807) is 11.0 Å². The predicted octanol–water partition coefficient (Wildman–Crippen LogP) is 1.57. The molecule has 0 atom stereocenters. The zero-order chi connectivity index (χ0) is 14.1. The summed E-state index contributed by atoms with van der Waals surface area (Å²) >= 11 is 0. The van der Waals surface area contributed by atoms with Gasteiger partial charge >= 0.3 is 0 Å². The SMILES string of the molecule is Cc1cc(N)nc(CN2CCc3ccccc3C2=O)n1. The minimum atomic E-state index is 0.0375. The summed E-state index contributed by atoms with van der Waals surface area (Å²) in [6.45, 7) is 2.96. The number of aromatic nitrogens is 2. The van der Waals surface area contributed by atoms with Gasteiger partial charge in [-0.15, -0.1) is 0 Å². The van der Waals surface area contributed by atoms with Crippen LogP contribution in [0.1, 0.15) is 27.4 Å². The van der Waals surface area contributed by atoms with Crippen molar-refractivity contribution in [2.45, 2.75) is 19.9 Å². The Balaban J connectivity index is 1.84. The second-order valence-corrected chi connectivity index (χ2v) is 4.98. The average Bonchev–Trinajstić information content (AvgIpc) is 2.41. The molecule has 0 bridgehead atoms. The first-order chi connectivity index (χ1) is 9.63. The number of carbonyl (C=O) groups is 1. The van der Waals surface area contributed by atoms with Gasteiger partial charge in [-0.1, -0.05) is 18.2 Å². The van der Waals surface area contributed by atoms with Crippen molar-refractivity contribution in [1.29, 1.82) is 0 Å². The third-order valence-electron chi connectivity index (χ3n) is 3.44. The van der Waals surface area contributed by atoms with E-state index in [4.69, 9.17) is 5.73 Å². The highest BCUT2D eigenvalue weighted by atomic mass is 16.2. The van der Waals surface area contributed by atoms with Crippen LogP contribution in [0.2, 0.25) is 0 Å². The van der Waals surface area contributed by atoms with Crippen molar-refractivity contribution in [3.63, 3.8) is 0 Å². The Kier molecular flexibility index (Phi) is 3.10. The van der Waals surface area contributed by atoms with E-state index in [2.05, 4.69) is 9.97 Å². The predicted molar refractivity (Wildman–Crippen MR) is 76.1 cm³/mol. The Bertz CT molecular complexity index is 648. The lowest BCUT2D eigenvalue weighted by molar-refractivity contribution is 0.0722. The molecule has 102 valence electrons. The number of carbonyl (C=O) groups excluding carboxylic acids is 1. The molecule has 2 aromatic rings. The van der Waals surface area contributed by atoms with Gasteiger partial charge in [0.15, 0.2) is 0 Å². The quantitative estimate of drug-likeness (QED) is 0.897. The van der Waals surface area contributed by atoms with E-state index in [0.29, 0.717) is 24.7 Å². The van der Waals surface area contributed by atoms with Gasteiger partial charge in [0, 0.05) is 23.9 Å². The van der Waals surface area contributed by atoms with Gasteiger partial charge < -0.3 is 10.6 Å². The molecule has 5 nitrogen and oxygen atoms in total. The molecular formula is C15H16N4O. The highest BCUT2D eigenvalue weighted by molar-refractivity contribution is 5.96.